The molecular weight excluding hydrogens is 1290 g/mol. The molecule has 0 aliphatic carbocycles. The van der Waals surface area contributed by atoms with Crippen molar-refractivity contribution in [1.82, 2.24) is 0 Å². The summed E-state index contributed by atoms with van der Waals surface area (Å²) in [5.41, 5.74) is 0. The van der Waals surface area contributed by atoms with Crippen molar-refractivity contribution in [3.8, 4) is 0 Å². The molecule has 3 N–H and O–H groups in total. The molecule has 0 aliphatic heterocycles. The number of unbranched alkanes of at least 4 members (excludes halogenated alkanes) is 48. The molecule has 0 heterocycles. The molecule has 0 amide bonds. The normalized spacial score (nSPS) is 14.2. The summed E-state index contributed by atoms with van der Waals surface area (Å²) in [6, 6.07) is 0. The molecule has 19 heteroatoms. The lowest BCUT2D eigenvalue weighted by molar-refractivity contribution is -0.161. The first-order chi connectivity index (χ1) is 47.9. The molecule has 6 atom stereocenters. The van der Waals surface area contributed by atoms with E-state index in [2.05, 4.69) is 41.5 Å². The number of phosphoric acid groups is 2. The molecule has 0 fully saturated rings. The average molecular weight is 1450 g/mol. The summed E-state index contributed by atoms with van der Waals surface area (Å²) in [5.74, 6) is -0.508. The van der Waals surface area contributed by atoms with Gasteiger partial charge >= 0.3 is 39.5 Å². The van der Waals surface area contributed by atoms with Crippen molar-refractivity contribution in [2.24, 2.45) is 11.8 Å². The van der Waals surface area contributed by atoms with Gasteiger partial charge in [0.15, 0.2) is 12.2 Å². The lowest BCUT2D eigenvalue weighted by atomic mass is 9.99. The highest BCUT2D eigenvalue weighted by Gasteiger charge is 2.30. The van der Waals surface area contributed by atoms with E-state index in [1.165, 1.54) is 231 Å². The molecule has 0 bridgehead atoms. The number of carbonyl (C=O) groups excluding carboxylic acids is 4. The monoisotopic (exact) mass is 1450 g/mol. The number of rotatable bonds is 79. The fourth-order valence-electron chi connectivity index (χ4n) is 12.3. The van der Waals surface area contributed by atoms with E-state index in [9.17, 15) is 43.2 Å². The van der Waals surface area contributed by atoms with Crippen LogP contribution in [0.2, 0.25) is 0 Å². The third-order valence-corrected chi connectivity index (χ3v) is 21.0. The first-order valence-electron chi connectivity index (χ1n) is 41.5. The van der Waals surface area contributed by atoms with Gasteiger partial charge in [0.2, 0.25) is 0 Å². The zero-order valence-electron chi connectivity index (χ0n) is 64.8. The van der Waals surface area contributed by atoms with Crippen molar-refractivity contribution in [3.05, 3.63) is 0 Å². The maximum Gasteiger partial charge on any atom is 0.472 e. The highest BCUT2D eigenvalue weighted by Crippen LogP contribution is 2.45. The van der Waals surface area contributed by atoms with Crippen LogP contribution in [0.5, 0.6) is 0 Å². The molecule has 0 spiro atoms. The Hall–Kier alpha value is -1.94. The van der Waals surface area contributed by atoms with Crippen molar-refractivity contribution < 1.29 is 80.2 Å². The lowest BCUT2D eigenvalue weighted by Gasteiger charge is -2.21. The standard InChI is InChI=1S/C80H156O17P2/c1-7-10-12-14-15-16-17-18-19-20-21-22-23-24-25-26-31-36-41-46-52-58-64-80(85)97-76(69-91-78(83)63-57-51-45-40-35-30-28-27-29-34-39-44-50-55-61-73(6)9-3)71-95-99(88,89)93-67-74(81)66-92-98(86,87)94-70-75(68-90-77(82)62-56-48-13-11-8-2)96-79(84)65-59-53-47-42-37-32-33-38-43-49-54-60-72(4)5/h72-76,81H,7-71H2,1-6H3,(H,86,87)(H,88,89)/t73?,74-,75+,76+/m0/s1. The predicted octanol–water partition coefficient (Wildman–Crippen LogP) is 23.9. The van der Waals surface area contributed by atoms with Crippen molar-refractivity contribution in [1.29, 1.82) is 0 Å². The van der Waals surface area contributed by atoms with Crippen LogP contribution in [0.3, 0.4) is 0 Å². The van der Waals surface area contributed by atoms with Crippen molar-refractivity contribution in [2.45, 2.75) is 439 Å². The van der Waals surface area contributed by atoms with Crippen LogP contribution in [-0.2, 0) is 65.4 Å². The maximum atomic E-state index is 13.1. The summed E-state index contributed by atoms with van der Waals surface area (Å²) in [6.45, 7) is 9.58. The van der Waals surface area contributed by atoms with E-state index >= 15 is 0 Å². The number of ether oxygens (including phenoxy) is 4. The number of aliphatic hydroxyl groups is 1. The Labute approximate surface area is 607 Å². The molecule has 0 aromatic rings. The van der Waals surface area contributed by atoms with Gasteiger partial charge in [0.1, 0.15) is 19.3 Å². The number of aliphatic hydroxyl groups excluding tert-OH is 1. The molecule has 0 radical (unpaired) electrons. The zero-order valence-corrected chi connectivity index (χ0v) is 66.6. The van der Waals surface area contributed by atoms with Crippen LogP contribution in [0.15, 0.2) is 0 Å². The Balaban J connectivity index is 5.12. The average Bonchev–Trinajstić information content (AvgIpc) is 1.32. The second-order valence-corrected chi connectivity index (χ2v) is 32.4. The molecule has 3 unspecified atom stereocenters. The summed E-state index contributed by atoms with van der Waals surface area (Å²) in [4.78, 5) is 72.7. The van der Waals surface area contributed by atoms with E-state index in [0.717, 1.165) is 108 Å². The Morgan fingerprint density at radius 2 is 0.515 bits per heavy atom. The third kappa shape index (κ3) is 72.8. The Morgan fingerprint density at radius 1 is 0.293 bits per heavy atom. The molecular formula is C80H156O17P2. The highest BCUT2D eigenvalue weighted by atomic mass is 31.2. The fraction of sp³-hybridized carbons (Fsp3) is 0.950. The van der Waals surface area contributed by atoms with Gasteiger partial charge in [-0.1, -0.05) is 369 Å². The van der Waals surface area contributed by atoms with Crippen LogP contribution < -0.4 is 0 Å². The van der Waals surface area contributed by atoms with Gasteiger partial charge in [-0.2, -0.15) is 0 Å². The number of hydrogen-bond acceptors (Lipinski definition) is 15. The summed E-state index contributed by atoms with van der Waals surface area (Å²) in [7, 11) is -9.91. The van der Waals surface area contributed by atoms with Crippen molar-refractivity contribution in [3.63, 3.8) is 0 Å². The van der Waals surface area contributed by atoms with Gasteiger partial charge in [0, 0.05) is 25.7 Å². The molecule has 0 aromatic heterocycles. The van der Waals surface area contributed by atoms with E-state index in [-0.39, 0.29) is 25.7 Å². The molecule has 99 heavy (non-hydrogen) atoms. The Bertz CT molecular complexity index is 1910. The first-order valence-corrected chi connectivity index (χ1v) is 44.5. The van der Waals surface area contributed by atoms with Crippen LogP contribution in [0.1, 0.15) is 420 Å². The van der Waals surface area contributed by atoms with Gasteiger partial charge in [-0.15, -0.1) is 0 Å². The van der Waals surface area contributed by atoms with Gasteiger partial charge in [-0.25, -0.2) is 9.13 Å². The number of phosphoric ester groups is 2. The molecule has 588 valence electrons. The van der Waals surface area contributed by atoms with E-state index in [1.807, 2.05) is 0 Å². The fourth-order valence-corrected chi connectivity index (χ4v) is 13.9. The largest absolute Gasteiger partial charge is 0.472 e. The summed E-state index contributed by atoms with van der Waals surface area (Å²) >= 11 is 0. The lowest BCUT2D eigenvalue weighted by Crippen LogP contribution is -2.30. The Kier molecular flexibility index (Phi) is 70.3. The van der Waals surface area contributed by atoms with Crippen molar-refractivity contribution >= 4 is 39.5 Å². The smallest absolute Gasteiger partial charge is 0.462 e. The van der Waals surface area contributed by atoms with Crippen LogP contribution in [-0.4, -0.2) is 96.7 Å². The van der Waals surface area contributed by atoms with Crippen LogP contribution in [0.4, 0.5) is 0 Å². The summed E-state index contributed by atoms with van der Waals surface area (Å²) in [6.07, 6.45) is 61.6. The van der Waals surface area contributed by atoms with E-state index < -0.39 is 97.5 Å². The van der Waals surface area contributed by atoms with E-state index in [1.54, 1.807) is 0 Å². The number of hydrogen-bond donors (Lipinski definition) is 3. The van der Waals surface area contributed by atoms with Gasteiger partial charge in [0.05, 0.1) is 26.4 Å². The minimum absolute atomic E-state index is 0.106. The second kappa shape index (κ2) is 71.7. The zero-order chi connectivity index (χ0) is 72.8. The van der Waals surface area contributed by atoms with Crippen molar-refractivity contribution in [2.75, 3.05) is 39.6 Å². The second-order valence-electron chi connectivity index (χ2n) is 29.5. The molecule has 17 nitrogen and oxygen atoms in total. The van der Waals surface area contributed by atoms with Gasteiger partial charge < -0.3 is 33.8 Å². The predicted molar refractivity (Wildman–Crippen MR) is 405 cm³/mol. The molecule has 0 saturated heterocycles. The van der Waals surface area contributed by atoms with Gasteiger partial charge in [-0.3, -0.25) is 37.3 Å². The Morgan fingerprint density at radius 3 is 0.768 bits per heavy atom. The molecule has 0 aromatic carbocycles. The number of esters is 4. The molecule has 0 saturated carbocycles. The minimum atomic E-state index is -4.96. The molecule has 0 aliphatic rings. The summed E-state index contributed by atoms with van der Waals surface area (Å²) in [5, 5.41) is 10.6. The van der Waals surface area contributed by atoms with Gasteiger partial charge in [-0.05, 0) is 37.5 Å². The maximum absolute atomic E-state index is 13.1. The van der Waals surface area contributed by atoms with E-state index in [4.69, 9.17) is 37.0 Å². The van der Waals surface area contributed by atoms with Crippen LogP contribution in [0, 0.1) is 11.8 Å². The van der Waals surface area contributed by atoms with Crippen LogP contribution >= 0.6 is 15.6 Å². The summed E-state index contributed by atoms with van der Waals surface area (Å²) < 4.78 is 68.4. The highest BCUT2D eigenvalue weighted by molar-refractivity contribution is 7.47. The van der Waals surface area contributed by atoms with Gasteiger partial charge in [0.25, 0.3) is 0 Å². The first kappa shape index (κ1) is 97.1. The minimum Gasteiger partial charge on any atom is -0.462 e. The third-order valence-electron chi connectivity index (χ3n) is 19.1. The van der Waals surface area contributed by atoms with E-state index in [0.29, 0.717) is 25.7 Å². The quantitative estimate of drug-likeness (QED) is 0.0222. The number of carbonyl (C=O) groups is 4. The SMILES string of the molecule is CCCCCCCCCCCCCCCCCCCCCCCCC(=O)O[C@H](COC(=O)CCCCCCCCCCCCCCCCC(C)CC)COP(=O)(O)OC[C@@H](O)COP(=O)(O)OC[C@@H](COC(=O)CCCCCCC)OC(=O)CCCCCCCCCCCCCC(C)C. The van der Waals surface area contributed by atoms with Crippen LogP contribution in [0.25, 0.3) is 0 Å². The topological polar surface area (TPSA) is 237 Å². The molecule has 0 rings (SSSR count).